The Morgan fingerprint density at radius 2 is 1.98 bits per heavy atom. The second-order valence-electron chi connectivity index (χ2n) is 8.90. The Balaban J connectivity index is 1.49. The molecule has 0 aliphatic carbocycles. The number of methoxy groups -OCH3 is 1. The molecule has 1 aliphatic heterocycles. The molecule has 2 N–H and O–H groups in total. The molecule has 4 aromatic rings. The summed E-state index contributed by atoms with van der Waals surface area (Å²) in [6, 6.07) is 16.8. The molecule has 8 nitrogen and oxygen atoms in total. The normalized spacial score (nSPS) is 15.2. The molecule has 1 aliphatic rings. The second kappa shape index (κ2) is 12.8. The van der Waals surface area contributed by atoms with E-state index >= 15 is 0 Å². The van der Waals surface area contributed by atoms with Gasteiger partial charge in [-0.15, -0.1) is 11.3 Å². The van der Waals surface area contributed by atoms with Gasteiger partial charge in [-0.05, 0) is 66.9 Å². The highest BCUT2D eigenvalue weighted by molar-refractivity contribution is 9.10. The topological polar surface area (TPSA) is 102 Å². The van der Waals surface area contributed by atoms with Crippen molar-refractivity contribution in [2.24, 2.45) is 4.99 Å². The molecule has 0 fully saturated rings. The fourth-order valence-electron chi connectivity index (χ4n) is 4.26. The number of aliphatic hydroxyl groups is 1. The van der Waals surface area contributed by atoms with Crippen molar-refractivity contribution in [1.29, 1.82) is 0 Å². The lowest BCUT2D eigenvalue weighted by molar-refractivity contribution is -0.138. The van der Waals surface area contributed by atoms with Gasteiger partial charge in [0.1, 0.15) is 28.7 Å². The van der Waals surface area contributed by atoms with E-state index in [1.165, 1.54) is 11.8 Å². The summed E-state index contributed by atoms with van der Waals surface area (Å²) in [5.74, 6) is -0.291. The number of hydrogen-bond acceptors (Lipinski definition) is 8. The van der Waals surface area contributed by atoms with Crippen LogP contribution in [-0.4, -0.2) is 40.3 Å². The molecule has 5 rings (SSSR count). The predicted molar refractivity (Wildman–Crippen MR) is 168 cm³/mol. The zero-order chi connectivity index (χ0) is 28.9. The van der Waals surface area contributed by atoms with Crippen molar-refractivity contribution < 1.29 is 24.2 Å². The van der Waals surface area contributed by atoms with Gasteiger partial charge in [0.25, 0.3) is 0 Å². The number of amides is 1. The molecular weight excluding hydrogens is 626 g/mol. The molecule has 2 aromatic heterocycles. The number of thiophene rings is 1. The molecule has 210 valence electrons. The van der Waals surface area contributed by atoms with Gasteiger partial charge in [0.05, 0.1) is 30.9 Å². The van der Waals surface area contributed by atoms with Crippen molar-refractivity contribution in [2.75, 3.05) is 13.7 Å². The number of rotatable bonds is 9. The molecule has 0 spiro atoms. The summed E-state index contributed by atoms with van der Waals surface area (Å²) >= 11 is 6.31. The summed E-state index contributed by atoms with van der Waals surface area (Å²) in [6.45, 7) is 2.46. The number of carbonyl (C=O) groups excluding carboxylic acids is 2. The van der Waals surface area contributed by atoms with Crippen LogP contribution in [-0.2, 0) is 27.4 Å². The Morgan fingerprint density at radius 1 is 1.17 bits per heavy atom. The average molecular weight is 653 g/mol. The van der Waals surface area contributed by atoms with E-state index in [2.05, 4.69) is 26.2 Å². The van der Waals surface area contributed by atoms with Crippen LogP contribution in [0.1, 0.15) is 17.4 Å². The van der Waals surface area contributed by atoms with Gasteiger partial charge in [-0.25, -0.2) is 9.79 Å². The SMILES string of the molecule is CCOC(=O)C1=C(O)/C(=C/c2cn(CC(=O)NCc3cccs3)c3ccc(Br)cc23)SC1=Nc1ccc(OC)cc1. The first-order chi connectivity index (χ1) is 19.9. The number of halogens is 1. The number of aliphatic hydroxyl groups excluding tert-OH is 1. The van der Waals surface area contributed by atoms with Crippen LogP contribution in [0.2, 0.25) is 0 Å². The van der Waals surface area contributed by atoms with E-state index in [9.17, 15) is 14.7 Å². The Hall–Kier alpha value is -3.80. The minimum atomic E-state index is -0.652. The standard InChI is InChI=1S/C30H26BrN3O5S2/c1-3-39-30(37)27-28(36)25(41-29(27)33-20-7-9-21(38-2)10-8-20)13-18-16-34(24-11-6-19(31)14-23(18)24)17-26(35)32-15-22-5-4-12-40-22/h4-14,16,36H,3,15,17H2,1-2H3,(H,32,35)/b25-13-,33-29?. The molecule has 0 saturated heterocycles. The number of esters is 1. The molecule has 0 radical (unpaired) electrons. The van der Waals surface area contributed by atoms with Crippen LogP contribution in [0.4, 0.5) is 5.69 Å². The maximum absolute atomic E-state index is 12.8. The number of hydrogen-bond donors (Lipinski definition) is 2. The van der Waals surface area contributed by atoms with Gasteiger partial charge in [-0.1, -0.05) is 33.8 Å². The van der Waals surface area contributed by atoms with Crippen molar-refractivity contribution >= 4 is 78.6 Å². The predicted octanol–water partition coefficient (Wildman–Crippen LogP) is 6.98. The third kappa shape index (κ3) is 6.58. The minimum Gasteiger partial charge on any atom is -0.506 e. The zero-order valence-corrected chi connectivity index (χ0v) is 25.4. The van der Waals surface area contributed by atoms with Gasteiger partial charge in [-0.2, -0.15) is 0 Å². The summed E-state index contributed by atoms with van der Waals surface area (Å²) < 4.78 is 13.2. The monoisotopic (exact) mass is 651 g/mol. The first-order valence-electron chi connectivity index (χ1n) is 12.7. The number of ether oxygens (including phenoxy) is 2. The van der Waals surface area contributed by atoms with E-state index in [-0.39, 0.29) is 30.4 Å². The zero-order valence-electron chi connectivity index (χ0n) is 22.2. The maximum atomic E-state index is 12.8. The van der Waals surface area contributed by atoms with Crippen LogP contribution < -0.4 is 10.1 Å². The number of nitrogens with zero attached hydrogens (tertiary/aromatic N) is 2. The fourth-order valence-corrected chi connectivity index (χ4v) is 6.29. The van der Waals surface area contributed by atoms with Crippen molar-refractivity contribution in [1.82, 2.24) is 9.88 Å². The highest BCUT2D eigenvalue weighted by Gasteiger charge is 2.33. The van der Waals surface area contributed by atoms with Gasteiger partial charge < -0.3 is 24.5 Å². The van der Waals surface area contributed by atoms with Gasteiger partial charge >= 0.3 is 5.97 Å². The average Bonchev–Trinajstić information content (AvgIpc) is 3.67. The molecule has 0 saturated carbocycles. The molecule has 3 heterocycles. The van der Waals surface area contributed by atoms with E-state index in [1.807, 2.05) is 46.5 Å². The summed E-state index contributed by atoms with van der Waals surface area (Å²) in [4.78, 5) is 31.8. The number of benzene rings is 2. The number of aliphatic imine (C=N–C) groups is 1. The van der Waals surface area contributed by atoms with Crippen LogP contribution in [0.15, 0.2) is 91.9 Å². The number of fused-ring (bicyclic) bond motifs is 1. The maximum Gasteiger partial charge on any atom is 0.344 e. The second-order valence-corrected chi connectivity index (χ2v) is 11.9. The third-order valence-corrected chi connectivity index (χ3v) is 8.58. The van der Waals surface area contributed by atoms with Crippen LogP contribution in [0.3, 0.4) is 0 Å². The van der Waals surface area contributed by atoms with Crippen molar-refractivity contribution in [3.05, 3.63) is 97.3 Å². The van der Waals surface area contributed by atoms with E-state index in [4.69, 9.17) is 9.47 Å². The first-order valence-corrected chi connectivity index (χ1v) is 15.2. The van der Waals surface area contributed by atoms with Crippen molar-refractivity contribution in [3.8, 4) is 5.75 Å². The molecule has 0 atom stereocenters. The molecule has 11 heteroatoms. The Kier molecular flexibility index (Phi) is 8.96. The summed E-state index contributed by atoms with van der Waals surface area (Å²) in [7, 11) is 1.58. The van der Waals surface area contributed by atoms with Gasteiger partial charge in [0.2, 0.25) is 5.91 Å². The van der Waals surface area contributed by atoms with Gasteiger partial charge in [-0.3, -0.25) is 4.79 Å². The number of nitrogens with one attached hydrogen (secondary N) is 1. The Morgan fingerprint density at radius 3 is 2.68 bits per heavy atom. The lowest BCUT2D eigenvalue weighted by Gasteiger charge is -2.06. The molecular formula is C30H26BrN3O5S2. The molecule has 2 aromatic carbocycles. The van der Waals surface area contributed by atoms with Crippen LogP contribution in [0.25, 0.3) is 17.0 Å². The van der Waals surface area contributed by atoms with E-state index in [0.29, 0.717) is 27.9 Å². The third-order valence-electron chi connectivity index (χ3n) is 6.19. The fraction of sp³-hybridized carbons (Fsp3) is 0.167. The Bertz CT molecular complexity index is 1690. The van der Waals surface area contributed by atoms with Crippen LogP contribution >= 0.6 is 39.0 Å². The van der Waals surface area contributed by atoms with Crippen molar-refractivity contribution in [2.45, 2.75) is 20.0 Å². The highest BCUT2D eigenvalue weighted by Crippen LogP contribution is 2.41. The van der Waals surface area contributed by atoms with E-state index in [0.717, 1.165) is 25.8 Å². The summed E-state index contributed by atoms with van der Waals surface area (Å²) in [6.07, 6.45) is 3.66. The Labute approximate surface area is 253 Å². The van der Waals surface area contributed by atoms with Gasteiger partial charge in [0, 0.05) is 32.0 Å². The minimum absolute atomic E-state index is 0.0109. The summed E-state index contributed by atoms with van der Waals surface area (Å²) in [5, 5.41) is 17.3. The molecule has 0 bridgehead atoms. The van der Waals surface area contributed by atoms with Crippen LogP contribution in [0, 0.1) is 0 Å². The number of thioether (sulfide) groups is 1. The molecule has 0 unspecified atom stereocenters. The summed E-state index contributed by atoms with van der Waals surface area (Å²) in [5.41, 5.74) is 2.24. The number of carbonyl (C=O) groups is 2. The number of aromatic nitrogens is 1. The largest absolute Gasteiger partial charge is 0.506 e. The molecule has 41 heavy (non-hydrogen) atoms. The lowest BCUT2D eigenvalue weighted by Crippen LogP contribution is -2.26. The van der Waals surface area contributed by atoms with Gasteiger partial charge in [0.15, 0.2) is 0 Å². The smallest absolute Gasteiger partial charge is 0.344 e. The van der Waals surface area contributed by atoms with E-state index in [1.54, 1.807) is 55.7 Å². The first kappa shape index (κ1) is 28.7. The molecule has 1 amide bonds. The quantitative estimate of drug-likeness (QED) is 0.189. The highest BCUT2D eigenvalue weighted by atomic mass is 79.9. The lowest BCUT2D eigenvalue weighted by atomic mass is 10.1. The van der Waals surface area contributed by atoms with E-state index < -0.39 is 5.97 Å². The van der Waals surface area contributed by atoms with Crippen molar-refractivity contribution in [3.63, 3.8) is 0 Å². The van der Waals surface area contributed by atoms with Crippen LogP contribution in [0.5, 0.6) is 5.75 Å².